The van der Waals surface area contributed by atoms with Gasteiger partial charge in [0, 0.05) is 25.4 Å². The highest BCUT2D eigenvalue weighted by molar-refractivity contribution is 5.88. The van der Waals surface area contributed by atoms with Crippen LogP contribution in [-0.4, -0.2) is 38.5 Å². The molecule has 0 aliphatic carbocycles. The number of aryl methyl sites for hydroxylation is 2. The highest BCUT2D eigenvalue weighted by Crippen LogP contribution is 2.17. The summed E-state index contributed by atoms with van der Waals surface area (Å²) >= 11 is 0. The van der Waals surface area contributed by atoms with Crippen molar-refractivity contribution in [2.24, 2.45) is 13.0 Å². The van der Waals surface area contributed by atoms with Crippen LogP contribution in [0.5, 0.6) is 0 Å². The Kier molecular flexibility index (Phi) is 5.98. The Morgan fingerprint density at radius 1 is 1.33 bits per heavy atom. The van der Waals surface area contributed by atoms with Crippen molar-refractivity contribution in [1.29, 1.82) is 0 Å². The molecule has 1 atom stereocenters. The van der Waals surface area contributed by atoms with Crippen molar-refractivity contribution in [3.63, 3.8) is 0 Å². The number of aliphatic hydroxyl groups is 1. The van der Waals surface area contributed by atoms with Crippen molar-refractivity contribution >= 4 is 11.8 Å². The molecule has 6 nitrogen and oxygen atoms in total. The van der Waals surface area contributed by atoms with E-state index in [4.69, 9.17) is 0 Å². The SMILES string of the molecule is Cc1cc(NC(=O)N(Cc2ccccc2)C(CO)C(C)C)nn1C. The topological polar surface area (TPSA) is 70.4 Å². The third kappa shape index (κ3) is 4.35. The number of hydrogen-bond donors (Lipinski definition) is 2. The first kappa shape index (κ1) is 18.0. The number of aromatic nitrogens is 2. The molecule has 0 fully saturated rings. The van der Waals surface area contributed by atoms with E-state index >= 15 is 0 Å². The van der Waals surface area contributed by atoms with E-state index in [0.29, 0.717) is 12.4 Å². The smallest absolute Gasteiger partial charge is 0.323 e. The Morgan fingerprint density at radius 3 is 2.50 bits per heavy atom. The van der Waals surface area contributed by atoms with Crippen LogP contribution in [0, 0.1) is 12.8 Å². The average Bonchev–Trinajstić information content (AvgIpc) is 2.85. The van der Waals surface area contributed by atoms with Crippen LogP contribution in [0.2, 0.25) is 0 Å². The highest BCUT2D eigenvalue weighted by atomic mass is 16.3. The number of carbonyl (C=O) groups is 1. The maximum atomic E-state index is 12.8. The molecule has 2 rings (SSSR count). The van der Waals surface area contributed by atoms with E-state index < -0.39 is 0 Å². The number of anilines is 1. The molecule has 0 aliphatic heterocycles. The van der Waals surface area contributed by atoms with E-state index in [0.717, 1.165) is 11.3 Å². The molecule has 1 aromatic heterocycles. The van der Waals surface area contributed by atoms with E-state index in [1.54, 1.807) is 9.58 Å². The zero-order valence-corrected chi connectivity index (χ0v) is 14.7. The first-order chi connectivity index (χ1) is 11.4. The lowest BCUT2D eigenvalue weighted by molar-refractivity contribution is 0.110. The van der Waals surface area contributed by atoms with E-state index in [1.165, 1.54) is 0 Å². The molecule has 24 heavy (non-hydrogen) atoms. The van der Waals surface area contributed by atoms with Crippen LogP contribution in [0.4, 0.5) is 10.6 Å². The van der Waals surface area contributed by atoms with Crippen molar-refractivity contribution in [2.75, 3.05) is 11.9 Å². The van der Waals surface area contributed by atoms with Gasteiger partial charge < -0.3 is 10.0 Å². The third-order valence-corrected chi connectivity index (χ3v) is 4.16. The summed E-state index contributed by atoms with van der Waals surface area (Å²) in [6.07, 6.45) is 0. The summed E-state index contributed by atoms with van der Waals surface area (Å²) in [7, 11) is 1.83. The van der Waals surface area contributed by atoms with Gasteiger partial charge in [-0.2, -0.15) is 5.10 Å². The van der Waals surface area contributed by atoms with E-state index in [9.17, 15) is 9.90 Å². The molecular weight excluding hydrogens is 304 g/mol. The Hall–Kier alpha value is -2.34. The number of hydrogen-bond acceptors (Lipinski definition) is 3. The summed E-state index contributed by atoms with van der Waals surface area (Å²) in [6, 6.07) is 11.1. The van der Waals surface area contributed by atoms with E-state index in [-0.39, 0.29) is 24.6 Å². The number of urea groups is 1. The van der Waals surface area contributed by atoms with Gasteiger partial charge in [0.15, 0.2) is 5.82 Å². The molecule has 0 saturated heterocycles. The van der Waals surface area contributed by atoms with Gasteiger partial charge in [0.05, 0.1) is 12.6 Å². The number of aliphatic hydroxyl groups excluding tert-OH is 1. The first-order valence-corrected chi connectivity index (χ1v) is 8.15. The minimum Gasteiger partial charge on any atom is -0.394 e. The lowest BCUT2D eigenvalue weighted by Crippen LogP contribution is -2.47. The molecule has 0 saturated carbocycles. The van der Waals surface area contributed by atoms with E-state index in [1.807, 2.05) is 64.2 Å². The van der Waals surface area contributed by atoms with E-state index in [2.05, 4.69) is 10.4 Å². The first-order valence-electron chi connectivity index (χ1n) is 8.15. The van der Waals surface area contributed by atoms with Crippen LogP contribution in [0.15, 0.2) is 36.4 Å². The molecule has 0 bridgehead atoms. The van der Waals surface area contributed by atoms with Crippen LogP contribution < -0.4 is 5.32 Å². The Balaban J connectivity index is 2.21. The lowest BCUT2D eigenvalue weighted by Gasteiger charge is -2.33. The highest BCUT2D eigenvalue weighted by Gasteiger charge is 2.26. The van der Waals surface area contributed by atoms with Crippen LogP contribution >= 0.6 is 0 Å². The zero-order chi connectivity index (χ0) is 17.7. The van der Waals surface area contributed by atoms with Gasteiger partial charge in [0.1, 0.15) is 0 Å². The maximum Gasteiger partial charge on any atom is 0.323 e. The van der Waals surface area contributed by atoms with Crippen molar-refractivity contribution in [3.05, 3.63) is 47.7 Å². The second-order valence-electron chi connectivity index (χ2n) is 6.33. The molecule has 1 heterocycles. The normalized spacial score (nSPS) is 12.2. The summed E-state index contributed by atoms with van der Waals surface area (Å²) in [5.41, 5.74) is 1.98. The summed E-state index contributed by atoms with van der Waals surface area (Å²) in [6.45, 7) is 6.27. The Morgan fingerprint density at radius 2 is 2.00 bits per heavy atom. The molecule has 6 heteroatoms. The number of nitrogens with zero attached hydrogens (tertiary/aromatic N) is 3. The molecule has 0 aliphatic rings. The van der Waals surface area contributed by atoms with Gasteiger partial charge in [-0.1, -0.05) is 44.2 Å². The molecule has 2 amide bonds. The minimum atomic E-state index is -0.269. The number of benzene rings is 1. The fraction of sp³-hybridized carbons (Fsp3) is 0.444. The Bertz CT molecular complexity index is 647. The number of nitrogens with one attached hydrogen (secondary N) is 1. The standard InChI is InChI=1S/C18H26N4O2/c1-13(2)16(12-23)22(11-15-8-6-5-7-9-15)18(24)19-17-10-14(3)21(4)20-17/h5-10,13,16,23H,11-12H2,1-4H3,(H,19,20,24). The van der Waals surface area contributed by atoms with Crippen molar-refractivity contribution in [3.8, 4) is 0 Å². The van der Waals surface area contributed by atoms with Crippen LogP contribution in [-0.2, 0) is 13.6 Å². The van der Waals surface area contributed by atoms with Crippen molar-refractivity contribution in [2.45, 2.75) is 33.4 Å². The Labute approximate surface area is 143 Å². The number of amides is 2. The third-order valence-electron chi connectivity index (χ3n) is 4.16. The molecule has 2 N–H and O–H groups in total. The summed E-state index contributed by atoms with van der Waals surface area (Å²) < 4.78 is 1.71. The second kappa shape index (κ2) is 7.97. The van der Waals surface area contributed by atoms with Gasteiger partial charge in [-0.25, -0.2) is 4.79 Å². The van der Waals surface area contributed by atoms with Gasteiger partial charge in [-0.3, -0.25) is 10.00 Å². The quantitative estimate of drug-likeness (QED) is 0.855. The predicted octanol–water partition coefficient (Wildman–Crippen LogP) is 2.78. The summed E-state index contributed by atoms with van der Waals surface area (Å²) in [4.78, 5) is 14.5. The van der Waals surface area contributed by atoms with Crippen LogP contribution in [0.25, 0.3) is 0 Å². The van der Waals surface area contributed by atoms with Gasteiger partial charge in [-0.05, 0) is 18.4 Å². The summed E-state index contributed by atoms with van der Waals surface area (Å²) in [5.74, 6) is 0.647. The monoisotopic (exact) mass is 330 g/mol. The zero-order valence-electron chi connectivity index (χ0n) is 14.7. The van der Waals surface area contributed by atoms with Gasteiger partial charge in [0.25, 0.3) is 0 Å². The molecule has 2 aromatic rings. The molecular formula is C18H26N4O2. The second-order valence-corrected chi connectivity index (χ2v) is 6.33. The van der Waals surface area contributed by atoms with Crippen LogP contribution in [0.1, 0.15) is 25.1 Å². The average molecular weight is 330 g/mol. The van der Waals surface area contributed by atoms with Gasteiger partial charge >= 0.3 is 6.03 Å². The molecule has 0 spiro atoms. The van der Waals surface area contributed by atoms with Crippen LogP contribution in [0.3, 0.4) is 0 Å². The minimum absolute atomic E-state index is 0.0842. The van der Waals surface area contributed by atoms with Crippen molar-refractivity contribution in [1.82, 2.24) is 14.7 Å². The van der Waals surface area contributed by atoms with Gasteiger partial charge in [0.2, 0.25) is 0 Å². The maximum absolute atomic E-state index is 12.8. The lowest BCUT2D eigenvalue weighted by atomic mass is 10.0. The largest absolute Gasteiger partial charge is 0.394 e. The number of rotatable bonds is 6. The molecule has 130 valence electrons. The van der Waals surface area contributed by atoms with Gasteiger partial charge in [-0.15, -0.1) is 0 Å². The predicted molar refractivity (Wildman–Crippen MR) is 94.7 cm³/mol. The van der Waals surface area contributed by atoms with Crippen molar-refractivity contribution < 1.29 is 9.90 Å². The molecule has 1 unspecified atom stereocenters. The molecule has 1 aromatic carbocycles. The number of carbonyl (C=O) groups excluding carboxylic acids is 1. The summed E-state index contributed by atoms with van der Waals surface area (Å²) in [5, 5.41) is 16.9. The fourth-order valence-corrected chi connectivity index (χ4v) is 2.59. The fourth-order valence-electron chi connectivity index (χ4n) is 2.59. The molecule has 0 radical (unpaired) electrons.